The van der Waals surface area contributed by atoms with E-state index < -0.39 is 13.7 Å². The van der Waals surface area contributed by atoms with E-state index in [2.05, 4.69) is 20.8 Å². The molecule has 2 unspecified atom stereocenters. The monoisotopic (exact) mass is 550 g/mol. The van der Waals surface area contributed by atoms with Gasteiger partial charge in [-0.25, -0.2) is 0 Å². The summed E-state index contributed by atoms with van der Waals surface area (Å²) in [6, 6.07) is 0. The summed E-state index contributed by atoms with van der Waals surface area (Å²) in [7, 11) is -3.73. The largest absolute Gasteiger partial charge is 0.457 e. The molecule has 0 aliphatic rings. The summed E-state index contributed by atoms with van der Waals surface area (Å²) in [5, 5.41) is 0. The molecular weight excluding hydrogens is 489 g/mol. The predicted octanol–water partition coefficient (Wildman–Crippen LogP) is 6.32. The van der Waals surface area contributed by atoms with E-state index in [1.165, 1.54) is 81.9 Å². The number of quaternary nitrogens is 1. The summed E-state index contributed by atoms with van der Waals surface area (Å²) < 4.78 is 29.0. The number of unbranched alkanes of at least 4 members (excludes halogenated alkanes) is 13. The Morgan fingerprint density at radius 3 is 1.76 bits per heavy atom. The van der Waals surface area contributed by atoms with Crippen molar-refractivity contribution in [3.05, 3.63) is 0 Å². The molecule has 0 bridgehead atoms. The molecule has 0 heterocycles. The van der Waals surface area contributed by atoms with Gasteiger partial charge in [0.15, 0.2) is 0 Å². The maximum atomic E-state index is 12.4. The van der Waals surface area contributed by atoms with Gasteiger partial charge in [0.05, 0.1) is 39.0 Å². The van der Waals surface area contributed by atoms with Crippen LogP contribution < -0.4 is 4.90 Å². The lowest BCUT2D eigenvalue weighted by Gasteiger charge is -2.21. The minimum Gasteiger partial charge on any atom is -0.457 e. The highest BCUT2D eigenvalue weighted by atomic mass is 31.2. The Balaban J connectivity index is 3.98. The standard InChI is InChI=1S/C29H60NO6P/c1-5-9-10-11-12-13-14-15-16-17-18-19-20-21-24-34-26-28(36-29(31)22-6-2)27-35-37(32,33)25-23-30(7-3)8-4/h28H,5-27H2,1-4H3,(H,32,33)/p+1. The fourth-order valence-corrected chi connectivity index (χ4v) is 5.47. The van der Waals surface area contributed by atoms with E-state index >= 15 is 0 Å². The lowest BCUT2D eigenvalue weighted by molar-refractivity contribution is -0.893. The molecule has 2 N–H and O–H groups in total. The van der Waals surface area contributed by atoms with Crippen LogP contribution in [0.2, 0.25) is 0 Å². The van der Waals surface area contributed by atoms with E-state index in [0.717, 1.165) is 25.9 Å². The van der Waals surface area contributed by atoms with Gasteiger partial charge in [0.25, 0.3) is 0 Å². The van der Waals surface area contributed by atoms with Crippen LogP contribution in [0.3, 0.4) is 0 Å². The second-order valence-corrected chi connectivity index (χ2v) is 12.4. The van der Waals surface area contributed by atoms with Gasteiger partial charge in [0.2, 0.25) is 0 Å². The maximum Gasteiger partial charge on any atom is 0.333 e. The highest BCUT2D eigenvalue weighted by molar-refractivity contribution is 7.52. The summed E-state index contributed by atoms with van der Waals surface area (Å²) in [5.41, 5.74) is 0. The Morgan fingerprint density at radius 1 is 0.757 bits per heavy atom. The molecule has 0 radical (unpaired) electrons. The summed E-state index contributed by atoms with van der Waals surface area (Å²) in [6.45, 7) is 11.4. The number of hydrogen-bond acceptors (Lipinski definition) is 5. The lowest BCUT2D eigenvalue weighted by Crippen LogP contribution is -3.11. The molecule has 0 saturated carbocycles. The molecule has 0 aromatic heterocycles. The van der Waals surface area contributed by atoms with Gasteiger partial charge in [0, 0.05) is 13.0 Å². The van der Waals surface area contributed by atoms with Crippen LogP contribution >= 0.6 is 7.60 Å². The van der Waals surface area contributed by atoms with Crippen LogP contribution in [-0.2, 0) is 23.4 Å². The Kier molecular flexibility index (Phi) is 25.5. The van der Waals surface area contributed by atoms with Crippen molar-refractivity contribution in [3.8, 4) is 0 Å². The highest BCUT2D eigenvalue weighted by Gasteiger charge is 2.25. The van der Waals surface area contributed by atoms with Crippen LogP contribution in [0.4, 0.5) is 0 Å². The van der Waals surface area contributed by atoms with Crippen LogP contribution in [0.5, 0.6) is 0 Å². The van der Waals surface area contributed by atoms with Crippen LogP contribution in [0.1, 0.15) is 130 Å². The highest BCUT2D eigenvalue weighted by Crippen LogP contribution is 2.41. The van der Waals surface area contributed by atoms with Gasteiger partial charge in [-0.1, -0.05) is 97.3 Å². The smallest absolute Gasteiger partial charge is 0.333 e. The molecule has 0 aromatic carbocycles. The molecule has 8 heteroatoms. The molecule has 0 amide bonds. The van der Waals surface area contributed by atoms with Crippen molar-refractivity contribution in [1.82, 2.24) is 0 Å². The quantitative estimate of drug-likeness (QED) is 0.0673. The average Bonchev–Trinajstić information content (AvgIpc) is 2.87. The first-order valence-electron chi connectivity index (χ1n) is 15.5. The molecule has 0 saturated heterocycles. The fraction of sp³-hybridized carbons (Fsp3) is 0.966. The minimum absolute atomic E-state index is 0.0968. The number of hydrogen-bond donors (Lipinski definition) is 2. The molecule has 7 nitrogen and oxygen atoms in total. The number of ether oxygens (including phenoxy) is 2. The number of esters is 1. The first kappa shape index (κ1) is 36.5. The Hall–Kier alpha value is -0.460. The van der Waals surface area contributed by atoms with Gasteiger partial charge < -0.3 is 23.8 Å². The van der Waals surface area contributed by atoms with Crippen molar-refractivity contribution in [2.24, 2.45) is 0 Å². The molecule has 37 heavy (non-hydrogen) atoms. The van der Waals surface area contributed by atoms with Gasteiger partial charge in [0.1, 0.15) is 6.10 Å². The molecule has 222 valence electrons. The van der Waals surface area contributed by atoms with Gasteiger partial charge in [-0.15, -0.1) is 0 Å². The van der Waals surface area contributed by atoms with Crippen LogP contribution in [0.15, 0.2) is 0 Å². The molecular formula is C29H61NO6P+. The van der Waals surface area contributed by atoms with Gasteiger partial charge in [-0.2, -0.15) is 0 Å². The van der Waals surface area contributed by atoms with Gasteiger partial charge in [-0.05, 0) is 26.7 Å². The predicted molar refractivity (Wildman–Crippen MR) is 153 cm³/mol. The molecule has 0 aliphatic heterocycles. The van der Waals surface area contributed by atoms with E-state index in [-0.39, 0.29) is 25.3 Å². The molecule has 0 aliphatic carbocycles. The third-order valence-electron chi connectivity index (χ3n) is 6.91. The summed E-state index contributed by atoms with van der Waals surface area (Å²) >= 11 is 0. The number of carbonyl (C=O) groups excluding carboxylic acids is 1. The fourth-order valence-electron chi connectivity index (χ4n) is 4.35. The summed E-state index contributed by atoms with van der Waals surface area (Å²) in [5.74, 6) is -0.323. The van der Waals surface area contributed by atoms with Gasteiger partial charge in [-0.3, -0.25) is 9.36 Å². The topological polar surface area (TPSA) is 86.5 Å². The van der Waals surface area contributed by atoms with E-state index in [4.69, 9.17) is 14.0 Å². The average molecular weight is 551 g/mol. The van der Waals surface area contributed by atoms with Crippen molar-refractivity contribution < 1.29 is 33.2 Å². The van der Waals surface area contributed by atoms with Crippen LogP contribution in [0.25, 0.3) is 0 Å². The third kappa shape index (κ3) is 24.3. The van der Waals surface area contributed by atoms with Crippen molar-refractivity contribution in [2.75, 3.05) is 45.6 Å². The van der Waals surface area contributed by atoms with Crippen LogP contribution in [0, 0.1) is 0 Å². The first-order chi connectivity index (χ1) is 17.9. The van der Waals surface area contributed by atoms with Gasteiger partial charge >= 0.3 is 13.6 Å². The van der Waals surface area contributed by atoms with E-state index in [9.17, 15) is 14.3 Å². The number of nitrogens with one attached hydrogen (secondary N) is 1. The van der Waals surface area contributed by atoms with E-state index in [0.29, 0.717) is 26.0 Å². The molecule has 0 spiro atoms. The maximum absolute atomic E-state index is 12.4. The van der Waals surface area contributed by atoms with E-state index in [1.807, 2.05) is 6.92 Å². The summed E-state index contributed by atoms with van der Waals surface area (Å²) in [4.78, 5) is 23.4. The minimum atomic E-state index is -3.73. The van der Waals surface area contributed by atoms with E-state index in [1.54, 1.807) is 0 Å². The normalized spacial score (nSPS) is 14.1. The molecule has 0 fully saturated rings. The second-order valence-electron chi connectivity index (χ2n) is 10.4. The SMILES string of the molecule is CCCCCCCCCCCCCCCCOCC(COP(=O)(O)CC[NH+](CC)CC)OC(=O)CCC. The molecule has 0 rings (SSSR count). The van der Waals surface area contributed by atoms with Crippen molar-refractivity contribution in [2.45, 2.75) is 137 Å². The first-order valence-corrected chi connectivity index (χ1v) is 17.2. The molecule has 2 atom stereocenters. The zero-order chi connectivity index (χ0) is 27.6. The molecule has 0 aromatic rings. The lowest BCUT2D eigenvalue weighted by atomic mass is 10.0. The summed E-state index contributed by atoms with van der Waals surface area (Å²) in [6.07, 6.45) is 18.8. The second kappa shape index (κ2) is 25.8. The number of carbonyl (C=O) groups is 1. The zero-order valence-electron chi connectivity index (χ0n) is 24.8. The Labute approximate surface area is 228 Å². The third-order valence-corrected chi connectivity index (χ3v) is 8.25. The number of rotatable bonds is 28. The van der Waals surface area contributed by atoms with Crippen LogP contribution in [-0.4, -0.2) is 62.6 Å². The van der Waals surface area contributed by atoms with Crippen molar-refractivity contribution in [1.29, 1.82) is 0 Å². The Morgan fingerprint density at radius 2 is 1.27 bits per heavy atom. The van der Waals surface area contributed by atoms with Crippen molar-refractivity contribution >= 4 is 13.6 Å². The zero-order valence-corrected chi connectivity index (χ0v) is 25.7. The Bertz CT molecular complexity index is 559. The van der Waals surface area contributed by atoms with Crippen molar-refractivity contribution in [3.63, 3.8) is 0 Å².